The first-order valence-corrected chi connectivity index (χ1v) is 4.95. The van der Waals surface area contributed by atoms with Crippen LogP contribution in [-0.2, 0) is 0 Å². The smallest absolute Gasteiger partial charge is 0.105 e. The fourth-order valence-electron chi connectivity index (χ4n) is 1.55. The predicted molar refractivity (Wildman–Crippen MR) is 54.9 cm³/mol. The third kappa shape index (κ3) is 2.59. The predicted octanol–water partition coefficient (Wildman–Crippen LogP) is 2.96. The summed E-state index contributed by atoms with van der Waals surface area (Å²) in [5, 5.41) is 3.44. The molecule has 1 unspecified atom stereocenters. The van der Waals surface area contributed by atoms with E-state index in [1.807, 2.05) is 13.8 Å². The number of furan rings is 1. The van der Waals surface area contributed by atoms with E-state index in [1.54, 1.807) is 0 Å². The molecule has 0 aromatic carbocycles. The first-order valence-electron chi connectivity index (χ1n) is 4.95. The molecule has 1 aromatic rings. The largest absolute Gasteiger partial charge is 0.466 e. The Bertz CT molecular complexity index is 265. The molecular formula is C11H19NO. The summed E-state index contributed by atoms with van der Waals surface area (Å²) in [5.74, 6) is 2.03. The standard InChI is InChI=1S/C11H19NO/c1-5-6-12-9(3)11-7-8(2)13-10(11)4/h7,9,12H,5-6H2,1-4H3. The highest BCUT2D eigenvalue weighted by Gasteiger charge is 2.10. The van der Waals surface area contributed by atoms with Crippen molar-refractivity contribution < 1.29 is 4.42 Å². The van der Waals surface area contributed by atoms with Crippen molar-refractivity contribution in [3.63, 3.8) is 0 Å². The van der Waals surface area contributed by atoms with Gasteiger partial charge in [0, 0.05) is 11.6 Å². The van der Waals surface area contributed by atoms with Gasteiger partial charge in [0.25, 0.3) is 0 Å². The second-order valence-electron chi connectivity index (χ2n) is 3.54. The maximum atomic E-state index is 5.48. The molecule has 1 heterocycles. The zero-order chi connectivity index (χ0) is 9.84. The highest BCUT2D eigenvalue weighted by molar-refractivity contribution is 5.23. The van der Waals surface area contributed by atoms with Crippen LogP contribution in [-0.4, -0.2) is 6.54 Å². The third-order valence-corrected chi connectivity index (χ3v) is 2.25. The lowest BCUT2D eigenvalue weighted by Crippen LogP contribution is -2.19. The van der Waals surface area contributed by atoms with Crippen molar-refractivity contribution in [2.45, 2.75) is 40.2 Å². The topological polar surface area (TPSA) is 25.2 Å². The minimum absolute atomic E-state index is 0.400. The quantitative estimate of drug-likeness (QED) is 0.772. The molecule has 1 N–H and O–H groups in total. The van der Waals surface area contributed by atoms with Crippen LogP contribution < -0.4 is 5.32 Å². The molecule has 0 spiro atoms. The van der Waals surface area contributed by atoms with Gasteiger partial charge >= 0.3 is 0 Å². The highest BCUT2D eigenvalue weighted by atomic mass is 16.3. The van der Waals surface area contributed by atoms with E-state index in [9.17, 15) is 0 Å². The molecule has 0 radical (unpaired) electrons. The average molecular weight is 181 g/mol. The second-order valence-corrected chi connectivity index (χ2v) is 3.54. The van der Waals surface area contributed by atoms with Crippen LogP contribution in [0.1, 0.15) is 43.4 Å². The van der Waals surface area contributed by atoms with Crippen LogP contribution in [0.2, 0.25) is 0 Å². The molecule has 0 saturated heterocycles. The molecule has 0 fully saturated rings. The molecule has 13 heavy (non-hydrogen) atoms. The van der Waals surface area contributed by atoms with Crippen molar-refractivity contribution >= 4 is 0 Å². The fourth-order valence-corrected chi connectivity index (χ4v) is 1.55. The summed E-state index contributed by atoms with van der Waals surface area (Å²) in [4.78, 5) is 0. The Morgan fingerprint density at radius 3 is 2.62 bits per heavy atom. The van der Waals surface area contributed by atoms with Crippen LogP contribution in [0.25, 0.3) is 0 Å². The molecule has 0 aliphatic rings. The van der Waals surface area contributed by atoms with Gasteiger partial charge in [0.2, 0.25) is 0 Å². The summed E-state index contributed by atoms with van der Waals surface area (Å²) in [6.07, 6.45) is 1.17. The summed E-state index contributed by atoms with van der Waals surface area (Å²) < 4.78 is 5.48. The van der Waals surface area contributed by atoms with Gasteiger partial charge in [-0.2, -0.15) is 0 Å². The van der Waals surface area contributed by atoms with E-state index >= 15 is 0 Å². The van der Waals surface area contributed by atoms with Crippen molar-refractivity contribution in [1.82, 2.24) is 5.32 Å². The Hall–Kier alpha value is -0.760. The zero-order valence-corrected chi connectivity index (χ0v) is 8.98. The van der Waals surface area contributed by atoms with Crippen LogP contribution in [0.4, 0.5) is 0 Å². The Kier molecular flexibility index (Phi) is 3.55. The summed E-state index contributed by atoms with van der Waals surface area (Å²) >= 11 is 0. The van der Waals surface area contributed by atoms with E-state index in [4.69, 9.17) is 4.42 Å². The van der Waals surface area contributed by atoms with Crippen molar-refractivity contribution in [2.75, 3.05) is 6.54 Å². The number of hydrogen-bond acceptors (Lipinski definition) is 2. The van der Waals surface area contributed by atoms with Crippen LogP contribution in [0.3, 0.4) is 0 Å². The molecular weight excluding hydrogens is 162 g/mol. The lowest BCUT2D eigenvalue weighted by molar-refractivity contribution is 0.490. The minimum atomic E-state index is 0.400. The summed E-state index contributed by atoms with van der Waals surface area (Å²) in [6, 6.07) is 2.51. The monoisotopic (exact) mass is 181 g/mol. The normalized spacial score (nSPS) is 13.2. The van der Waals surface area contributed by atoms with E-state index in [0.717, 1.165) is 18.1 Å². The molecule has 0 amide bonds. The van der Waals surface area contributed by atoms with Gasteiger partial charge in [-0.1, -0.05) is 6.92 Å². The first-order chi connectivity index (χ1) is 6.15. The van der Waals surface area contributed by atoms with Gasteiger partial charge in [-0.05, 0) is 39.8 Å². The van der Waals surface area contributed by atoms with Crippen molar-refractivity contribution in [3.8, 4) is 0 Å². The molecule has 2 nitrogen and oxygen atoms in total. The third-order valence-electron chi connectivity index (χ3n) is 2.25. The van der Waals surface area contributed by atoms with Gasteiger partial charge in [0.15, 0.2) is 0 Å². The number of nitrogens with one attached hydrogen (secondary N) is 1. The molecule has 0 aliphatic carbocycles. The van der Waals surface area contributed by atoms with E-state index in [-0.39, 0.29) is 0 Å². The zero-order valence-electron chi connectivity index (χ0n) is 8.98. The van der Waals surface area contributed by atoms with Crippen LogP contribution >= 0.6 is 0 Å². The van der Waals surface area contributed by atoms with Crippen molar-refractivity contribution in [3.05, 3.63) is 23.2 Å². The van der Waals surface area contributed by atoms with Gasteiger partial charge in [-0.3, -0.25) is 0 Å². The van der Waals surface area contributed by atoms with Gasteiger partial charge in [-0.25, -0.2) is 0 Å². The lowest BCUT2D eigenvalue weighted by Gasteiger charge is -2.11. The number of hydrogen-bond donors (Lipinski definition) is 1. The Labute approximate surface area is 80.3 Å². The summed E-state index contributed by atoms with van der Waals surface area (Å²) in [5.41, 5.74) is 1.28. The van der Waals surface area contributed by atoms with Gasteiger partial charge < -0.3 is 9.73 Å². The van der Waals surface area contributed by atoms with Crippen LogP contribution in [0.5, 0.6) is 0 Å². The van der Waals surface area contributed by atoms with Crippen molar-refractivity contribution in [1.29, 1.82) is 0 Å². The number of rotatable bonds is 4. The maximum absolute atomic E-state index is 5.48. The average Bonchev–Trinajstić information content (AvgIpc) is 2.41. The molecule has 0 bridgehead atoms. The molecule has 1 aromatic heterocycles. The van der Waals surface area contributed by atoms with E-state index in [1.165, 1.54) is 12.0 Å². The highest BCUT2D eigenvalue weighted by Crippen LogP contribution is 2.20. The van der Waals surface area contributed by atoms with Crippen molar-refractivity contribution in [2.24, 2.45) is 0 Å². The SMILES string of the molecule is CCCNC(C)c1cc(C)oc1C. The molecule has 0 saturated carbocycles. The van der Waals surface area contributed by atoms with Gasteiger partial charge in [0.05, 0.1) is 0 Å². The van der Waals surface area contributed by atoms with Crippen LogP contribution in [0, 0.1) is 13.8 Å². The number of aryl methyl sites for hydroxylation is 2. The second kappa shape index (κ2) is 4.47. The van der Waals surface area contributed by atoms with E-state index in [0.29, 0.717) is 6.04 Å². The fraction of sp³-hybridized carbons (Fsp3) is 0.636. The van der Waals surface area contributed by atoms with Gasteiger partial charge in [0.1, 0.15) is 11.5 Å². The minimum Gasteiger partial charge on any atom is -0.466 e. The Balaban J connectivity index is 2.64. The molecule has 1 rings (SSSR count). The Morgan fingerprint density at radius 2 is 2.15 bits per heavy atom. The molecule has 74 valence electrons. The molecule has 2 heteroatoms. The molecule has 1 atom stereocenters. The van der Waals surface area contributed by atoms with Crippen LogP contribution in [0.15, 0.2) is 10.5 Å². The lowest BCUT2D eigenvalue weighted by atomic mass is 10.1. The summed E-state index contributed by atoms with van der Waals surface area (Å²) in [6.45, 7) is 9.42. The Morgan fingerprint density at radius 1 is 1.46 bits per heavy atom. The van der Waals surface area contributed by atoms with Gasteiger partial charge in [-0.15, -0.1) is 0 Å². The van der Waals surface area contributed by atoms with E-state index < -0.39 is 0 Å². The first kappa shape index (κ1) is 10.3. The summed E-state index contributed by atoms with van der Waals surface area (Å²) in [7, 11) is 0. The molecule has 0 aliphatic heterocycles. The maximum Gasteiger partial charge on any atom is 0.105 e. The van der Waals surface area contributed by atoms with E-state index in [2.05, 4.69) is 25.2 Å².